The van der Waals surface area contributed by atoms with E-state index < -0.39 is 6.10 Å². The zero-order valence-corrected chi connectivity index (χ0v) is 9.65. The van der Waals surface area contributed by atoms with E-state index in [1.165, 1.54) is 0 Å². The van der Waals surface area contributed by atoms with Gasteiger partial charge in [0.05, 0.1) is 5.02 Å². The highest BCUT2D eigenvalue weighted by Gasteiger charge is 2.10. The Morgan fingerprint density at radius 2 is 2.00 bits per heavy atom. The Hall–Kier alpha value is -1.38. The Morgan fingerprint density at radius 3 is 2.69 bits per heavy atom. The summed E-state index contributed by atoms with van der Waals surface area (Å²) >= 11 is 5.83. The SMILES string of the molecule is Cc1cccc(C(O)c2cncc(Cl)c2)c1. The smallest absolute Gasteiger partial charge is 0.106 e. The van der Waals surface area contributed by atoms with Crippen LogP contribution in [0, 0.1) is 6.92 Å². The molecule has 0 saturated heterocycles. The van der Waals surface area contributed by atoms with E-state index in [9.17, 15) is 5.11 Å². The fraction of sp³-hybridized carbons (Fsp3) is 0.154. The maximum Gasteiger partial charge on any atom is 0.106 e. The monoisotopic (exact) mass is 233 g/mol. The Balaban J connectivity index is 2.35. The van der Waals surface area contributed by atoms with Crippen molar-refractivity contribution in [2.45, 2.75) is 13.0 Å². The van der Waals surface area contributed by atoms with E-state index >= 15 is 0 Å². The van der Waals surface area contributed by atoms with Crippen molar-refractivity contribution in [3.8, 4) is 0 Å². The summed E-state index contributed by atoms with van der Waals surface area (Å²) in [5, 5.41) is 10.7. The zero-order valence-electron chi connectivity index (χ0n) is 8.89. The predicted octanol–water partition coefficient (Wildman–Crippen LogP) is 3.13. The number of halogens is 1. The Labute approximate surface area is 99.5 Å². The number of benzene rings is 1. The molecule has 0 fully saturated rings. The molecule has 0 spiro atoms. The summed E-state index contributed by atoms with van der Waals surface area (Å²) in [7, 11) is 0. The Kier molecular flexibility index (Phi) is 3.22. The lowest BCUT2D eigenvalue weighted by molar-refractivity contribution is 0.220. The van der Waals surface area contributed by atoms with Crippen LogP contribution in [0.5, 0.6) is 0 Å². The minimum absolute atomic E-state index is 0.532. The van der Waals surface area contributed by atoms with E-state index in [0.29, 0.717) is 10.6 Å². The van der Waals surface area contributed by atoms with Crippen molar-refractivity contribution in [1.29, 1.82) is 0 Å². The molecule has 0 aliphatic rings. The van der Waals surface area contributed by atoms with Crippen LogP contribution in [0.4, 0.5) is 0 Å². The first-order chi connectivity index (χ1) is 7.66. The van der Waals surface area contributed by atoms with Gasteiger partial charge in [-0.3, -0.25) is 4.98 Å². The number of aliphatic hydroxyl groups excluding tert-OH is 1. The van der Waals surface area contributed by atoms with Crippen LogP contribution < -0.4 is 0 Å². The van der Waals surface area contributed by atoms with Gasteiger partial charge in [0, 0.05) is 18.0 Å². The average Bonchev–Trinajstić information content (AvgIpc) is 2.28. The highest BCUT2D eigenvalue weighted by atomic mass is 35.5. The predicted molar refractivity (Wildman–Crippen MR) is 64.5 cm³/mol. The quantitative estimate of drug-likeness (QED) is 0.865. The van der Waals surface area contributed by atoms with Crippen LogP contribution in [-0.2, 0) is 0 Å². The minimum Gasteiger partial charge on any atom is -0.384 e. The minimum atomic E-state index is -0.675. The van der Waals surface area contributed by atoms with Crippen molar-refractivity contribution in [2.24, 2.45) is 0 Å². The molecule has 1 aromatic heterocycles. The van der Waals surface area contributed by atoms with Gasteiger partial charge in [0.1, 0.15) is 6.10 Å². The maximum atomic E-state index is 10.1. The second kappa shape index (κ2) is 4.64. The van der Waals surface area contributed by atoms with E-state index in [1.807, 2.05) is 31.2 Å². The van der Waals surface area contributed by atoms with Gasteiger partial charge in [-0.15, -0.1) is 0 Å². The van der Waals surface area contributed by atoms with E-state index in [1.54, 1.807) is 18.5 Å². The zero-order chi connectivity index (χ0) is 11.5. The fourth-order valence-corrected chi connectivity index (χ4v) is 1.79. The topological polar surface area (TPSA) is 33.1 Å². The van der Waals surface area contributed by atoms with Gasteiger partial charge in [0.25, 0.3) is 0 Å². The first kappa shape index (κ1) is 11.1. The van der Waals surface area contributed by atoms with Crippen LogP contribution in [0.1, 0.15) is 22.8 Å². The average molecular weight is 234 g/mol. The van der Waals surface area contributed by atoms with Crippen molar-refractivity contribution in [3.05, 3.63) is 64.4 Å². The van der Waals surface area contributed by atoms with Crippen LogP contribution in [0.2, 0.25) is 5.02 Å². The molecule has 0 bridgehead atoms. The van der Waals surface area contributed by atoms with Gasteiger partial charge in [-0.25, -0.2) is 0 Å². The molecule has 1 heterocycles. The third kappa shape index (κ3) is 2.40. The molecule has 1 N–H and O–H groups in total. The highest BCUT2D eigenvalue weighted by molar-refractivity contribution is 6.30. The number of aryl methyl sites for hydroxylation is 1. The van der Waals surface area contributed by atoms with Crippen LogP contribution in [-0.4, -0.2) is 10.1 Å². The second-order valence-corrected chi connectivity index (χ2v) is 4.19. The third-order valence-corrected chi connectivity index (χ3v) is 2.61. The summed E-state index contributed by atoms with van der Waals surface area (Å²) in [6.07, 6.45) is 2.50. The lowest BCUT2D eigenvalue weighted by Crippen LogP contribution is -2.00. The third-order valence-electron chi connectivity index (χ3n) is 2.40. The molecule has 0 saturated carbocycles. The summed E-state index contributed by atoms with van der Waals surface area (Å²) in [6.45, 7) is 1.99. The van der Waals surface area contributed by atoms with E-state index in [0.717, 1.165) is 11.1 Å². The summed E-state index contributed by atoms with van der Waals surface area (Å²) in [5.41, 5.74) is 2.67. The molecule has 0 aliphatic carbocycles. The second-order valence-electron chi connectivity index (χ2n) is 3.75. The lowest BCUT2D eigenvalue weighted by Gasteiger charge is -2.11. The number of pyridine rings is 1. The summed E-state index contributed by atoms with van der Waals surface area (Å²) in [4.78, 5) is 3.96. The highest BCUT2D eigenvalue weighted by Crippen LogP contribution is 2.23. The molecule has 3 heteroatoms. The molecule has 2 nitrogen and oxygen atoms in total. The standard InChI is InChI=1S/C13H12ClNO/c1-9-3-2-4-10(5-9)13(16)11-6-12(14)8-15-7-11/h2-8,13,16H,1H3. The molecule has 2 aromatic rings. The Morgan fingerprint density at radius 1 is 1.19 bits per heavy atom. The molecule has 16 heavy (non-hydrogen) atoms. The number of hydrogen-bond donors (Lipinski definition) is 1. The van der Waals surface area contributed by atoms with Gasteiger partial charge in [0.15, 0.2) is 0 Å². The molecule has 82 valence electrons. The molecule has 2 rings (SSSR count). The normalized spacial score (nSPS) is 12.4. The van der Waals surface area contributed by atoms with Gasteiger partial charge < -0.3 is 5.11 Å². The van der Waals surface area contributed by atoms with Gasteiger partial charge in [-0.1, -0.05) is 41.4 Å². The van der Waals surface area contributed by atoms with E-state index in [4.69, 9.17) is 11.6 Å². The Bertz CT molecular complexity index is 453. The summed E-state index contributed by atoms with van der Waals surface area (Å²) in [5.74, 6) is 0. The molecule has 0 amide bonds. The van der Waals surface area contributed by atoms with Crippen molar-refractivity contribution in [3.63, 3.8) is 0 Å². The molecule has 0 radical (unpaired) electrons. The first-order valence-electron chi connectivity index (χ1n) is 5.02. The van der Waals surface area contributed by atoms with Crippen LogP contribution in [0.15, 0.2) is 42.7 Å². The number of aromatic nitrogens is 1. The maximum absolute atomic E-state index is 10.1. The van der Waals surface area contributed by atoms with Gasteiger partial charge in [0.2, 0.25) is 0 Å². The van der Waals surface area contributed by atoms with Crippen molar-refractivity contribution < 1.29 is 5.11 Å². The molecule has 1 aromatic carbocycles. The lowest BCUT2D eigenvalue weighted by atomic mass is 10.0. The van der Waals surface area contributed by atoms with Crippen LogP contribution >= 0.6 is 11.6 Å². The number of rotatable bonds is 2. The molecule has 1 unspecified atom stereocenters. The molecule has 1 atom stereocenters. The first-order valence-corrected chi connectivity index (χ1v) is 5.39. The van der Waals surface area contributed by atoms with Gasteiger partial charge in [-0.05, 0) is 18.6 Å². The largest absolute Gasteiger partial charge is 0.384 e. The van der Waals surface area contributed by atoms with Crippen LogP contribution in [0.25, 0.3) is 0 Å². The van der Waals surface area contributed by atoms with E-state index in [-0.39, 0.29) is 0 Å². The van der Waals surface area contributed by atoms with Crippen molar-refractivity contribution in [2.75, 3.05) is 0 Å². The molecular formula is C13H12ClNO. The van der Waals surface area contributed by atoms with Gasteiger partial charge >= 0.3 is 0 Å². The molecule has 0 aliphatic heterocycles. The van der Waals surface area contributed by atoms with Crippen LogP contribution in [0.3, 0.4) is 0 Å². The van der Waals surface area contributed by atoms with Crippen molar-refractivity contribution in [1.82, 2.24) is 4.98 Å². The van der Waals surface area contributed by atoms with Crippen molar-refractivity contribution >= 4 is 11.6 Å². The summed E-state index contributed by atoms with van der Waals surface area (Å²) in [6, 6.07) is 9.48. The number of nitrogens with zero attached hydrogens (tertiary/aromatic N) is 1. The summed E-state index contributed by atoms with van der Waals surface area (Å²) < 4.78 is 0. The van der Waals surface area contributed by atoms with Gasteiger partial charge in [-0.2, -0.15) is 0 Å². The fourth-order valence-electron chi connectivity index (χ4n) is 1.61. The van der Waals surface area contributed by atoms with E-state index in [2.05, 4.69) is 4.98 Å². The number of hydrogen-bond acceptors (Lipinski definition) is 2. The number of aliphatic hydroxyl groups is 1. The molecular weight excluding hydrogens is 222 g/mol.